The van der Waals surface area contributed by atoms with Gasteiger partial charge >= 0.3 is 0 Å². The highest BCUT2D eigenvalue weighted by atomic mass is 35.5. The molecule has 0 saturated heterocycles. The number of benzene rings is 3. The summed E-state index contributed by atoms with van der Waals surface area (Å²) < 4.78 is 11.5. The van der Waals surface area contributed by atoms with Crippen molar-refractivity contribution in [2.24, 2.45) is 0 Å². The Morgan fingerprint density at radius 1 is 1.03 bits per heavy atom. The standard InChI is InChI=1S/C24H22Cl2N2O2/c1-14(2)17-12-16(9-10-20(17)29-3)30-24-18(25)13-19-23(22(24)26)28-21(27-19)11-15-7-5-4-6-8-15/h4-10,12-14H,11H2,1-3H3,(H,27,28). The first-order chi connectivity index (χ1) is 14.5. The Balaban J connectivity index is 1.69. The van der Waals surface area contributed by atoms with Crippen LogP contribution in [0.1, 0.15) is 36.7 Å². The molecule has 0 spiro atoms. The summed E-state index contributed by atoms with van der Waals surface area (Å²) in [6.07, 6.45) is 0.676. The molecule has 0 amide bonds. The summed E-state index contributed by atoms with van der Waals surface area (Å²) in [5.74, 6) is 2.95. The number of ether oxygens (including phenoxy) is 2. The maximum absolute atomic E-state index is 6.66. The molecule has 0 saturated carbocycles. The normalized spacial score (nSPS) is 11.3. The Kier molecular flexibility index (Phi) is 5.89. The second-order valence-electron chi connectivity index (χ2n) is 7.40. The van der Waals surface area contributed by atoms with E-state index in [1.807, 2.05) is 36.4 Å². The number of hydrogen-bond acceptors (Lipinski definition) is 3. The third-order valence-electron chi connectivity index (χ3n) is 4.93. The Morgan fingerprint density at radius 2 is 1.80 bits per heavy atom. The molecule has 30 heavy (non-hydrogen) atoms. The van der Waals surface area contributed by atoms with E-state index < -0.39 is 0 Å². The van der Waals surface area contributed by atoms with Gasteiger partial charge in [0.05, 0.1) is 17.6 Å². The minimum absolute atomic E-state index is 0.281. The molecule has 1 N–H and O–H groups in total. The smallest absolute Gasteiger partial charge is 0.166 e. The van der Waals surface area contributed by atoms with Crippen LogP contribution in [0.4, 0.5) is 0 Å². The van der Waals surface area contributed by atoms with E-state index in [2.05, 4.69) is 35.9 Å². The molecule has 0 aliphatic carbocycles. The van der Waals surface area contributed by atoms with Crippen molar-refractivity contribution in [2.75, 3.05) is 7.11 Å². The first kappa shape index (κ1) is 20.6. The number of aromatic nitrogens is 2. The van der Waals surface area contributed by atoms with E-state index in [-0.39, 0.29) is 5.92 Å². The highest BCUT2D eigenvalue weighted by molar-refractivity contribution is 6.40. The van der Waals surface area contributed by atoms with Crippen molar-refractivity contribution in [3.05, 3.63) is 81.6 Å². The SMILES string of the molecule is COc1ccc(Oc2c(Cl)cc3[nH]c(Cc4ccccc4)nc3c2Cl)cc1C(C)C. The summed E-state index contributed by atoms with van der Waals surface area (Å²) in [5, 5.41) is 0.805. The molecule has 0 atom stereocenters. The molecular weight excluding hydrogens is 419 g/mol. The minimum atomic E-state index is 0.281. The van der Waals surface area contributed by atoms with Crippen LogP contribution in [0.5, 0.6) is 17.2 Å². The molecule has 0 unspecified atom stereocenters. The van der Waals surface area contributed by atoms with Crippen molar-refractivity contribution >= 4 is 34.2 Å². The highest BCUT2D eigenvalue weighted by Crippen LogP contribution is 2.42. The monoisotopic (exact) mass is 440 g/mol. The van der Waals surface area contributed by atoms with Gasteiger partial charge in [-0.15, -0.1) is 0 Å². The van der Waals surface area contributed by atoms with Gasteiger partial charge in [-0.2, -0.15) is 0 Å². The van der Waals surface area contributed by atoms with E-state index in [0.717, 1.165) is 28.2 Å². The van der Waals surface area contributed by atoms with E-state index in [1.165, 1.54) is 0 Å². The molecule has 4 nitrogen and oxygen atoms in total. The molecule has 0 radical (unpaired) electrons. The molecule has 4 aromatic rings. The van der Waals surface area contributed by atoms with Gasteiger partial charge in [-0.05, 0) is 35.7 Å². The number of rotatable bonds is 6. The number of imidazole rings is 1. The van der Waals surface area contributed by atoms with Crippen LogP contribution in [0.25, 0.3) is 11.0 Å². The molecule has 0 fully saturated rings. The van der Waals surface area contributed by atoms with Gasteiger partial charge in [-0.3, -0.25) is 0 Å². The predicted molar refractivity (Wildman–Crippen MR) is 123 cm³/mol. The lowest BCUT2D eigenvalue weighted by molar-refractivity contribution is 0.405. The van der Waals surface area contributed by atoms with Gasteiger partial charge in [0.1, 0.15) is 27.9 Å². The second-order valence-corrected chi connectivity index (χ2v) is 8.19. The largest absolute Gasteiger partial charge is 0.496 e. The first-order valence-electron chi connectivity index (χ1n) is 9.72. The fourth-order valence-electron chi connectivity index (χ4n) is 3.43. The molecule has 0 bridgehead atoms. The third kappa shape index (κ3) is 4.11. The molecule has 1 aromatic heterocycles. The van der Waals surface area contributed by atoms with E-state index in [9.17, 15) is 0 Å². The lowest BCUT2D eigenvalue weighted by Gasteiger charge is -2.15. The van der Waals surface area contributed by atoms with Gasteiger partial charge in [-0.1, -0.05) is 67.4 Å². The number of nitrogens with one attached hydrogen (secondary N) is 1. The van der Waals surface area contributed by atoms with Gasteiger partial charge in [0.25, 0.3) is 0 Å². The van der Waals surface area contributed by atoms with Gasteiger partial charge in [0, 0.05) is 12.0 Å². The Hall–Kier alpha value is -2.69. The van der Waals surface area contributed by atoms with Crippen LogP contribution in [0.2, 0.25) is 10.0 Å². The molecule has 0 aliphatic rings. The van der Waals surface area contributed by atoms with Gasteiger partial charge in [-0.25, -0.2) is 4.98 Å². The number of halogens is 2. The average molecular weight is 441 g/mol. The number of hydrogen-bond donors (Lipinski definition) is 1. The van der Waals surface area contributed by atoms with Crippen molar-refractivity contribution in [2.45, 2.75) is 26.2 Å². The molecular formula is C24H22Cl2N2O2. The molecule has 6 heteroatoms. The van der Waals surface area contributed by atoms with Crippen molar-refractivity contribution < 1.29 is 9.47 Å². The van der Waals surface area contributed by atoms with Crippen molar-refractivity contribution in [3.63, 3.8) is 0 Å². The maximum Gasteiger partial charge on any atom is 0.166 e. The van der Waals surface area contributed by atoms with Crippen molar-refractivity contribution in [1.29, 1.82) is 0 Å². The van der Waals surface area contributed by atoms with Crippen LogP contribution in [0, 0.1) is 0 Å². The first-order valence-corrected chi connectivity index (χ1v) is 10.5. The summed E-state index contributed by atoms with van der Waals surface area (Å²) in [6.45, 7) is 4.21. The lowest BCUT2D eigenvalue weighted by atomic mass is 10.0. The topological polar surface area (TPSA) is 47.1 Å². The van der Waals surface area contributed by atoms with Gasteiger partial charge in [0.15, 0.2) is 5.75 Å². The maximum atomic E-state index is 6.66. The van der Waals surface area contributed by atoms with Gasteiger partial charge < -0.3 is 14.5 Å². The fourth-order valence-corrected chi connectivity index (χ4v) is 4.00. The van der Waals surface area contributed by atoms with Gasteiger partial charge in [0.2, 0.25) is 0 Å². The predicted octanol–water partition coefficient (Wildman–Crippen LogP) is 7.38. The Morgan fingerprint density at radius 3 is 2.50 bits per heavy atom. The quantitative estimate of drug-likeness (QED) is 0.340. The molecule has 4 rings (SSSR count). The number of fused-ring (bicyclic) bond motifs is 1. The second kappa shape index (κ2) is 8.58. The van der Waals surface area contributed by atoms with E-state index >= 15 is 0 Å². The van der Waals surface area contributed by atoms with Crippen molar-refractivity contribution in [1.82, 2.24) is 9.97 Å². The number of methoxy groups -OCH3 is 1. The minimum Gasteiger partial charge on any atom is -0.496 e. The molecule has 1 heterocycles. The summed E-state index contributed by atoms with van der Waals surface area (Å²) in [4.78, 5) is 7.98. The summed E-state index contributed by atoms with van der Waals surface area (Å²) in [7, 11) is 1.66. The molecule has 154 valence electrons. The highest BCUT2D eigenvalue weighted by Gasteiger charge is 2.18. The molecule has 0 aliphatic heterocycles. The zero-order valence-electron chi connectivity index (χ0n) is 17.0. The lowest BCUT2D eigenvalue weighted by Crippen LogP contribution is -1.96. The van der Waals surface area contributed by atoms with E-state index in [0.29, 0.717) is 33.5 Å². The summed E-state index contributed by atoms with van der Waals surface area (Å²) >= 11 is 13.2. The van der Waals surface area contributed by atoms with E-state index in [1.54, 1.807) is 13.2 Å². The third-order valence-corrected chi connectivity index (χ3v) is 5.56. The summed E-state index contributed by atoms with van der Waals surface area (Å²) in [6, 6.07) is 17.6. The van der Waals surface area contributed by atoms with Crippen molar-refractivity contribution in [3.8, 4) is 17.2 Å². The zero-order chi connectivity index (χ0) is 21.3. The van der Waals surface area contributed by atoms with Crippen LogP contribution in [-0.4, -0.2) is 17.1 Å². The average Bonchev–Trinajstić information content (AvgIpc) is 3.14. The number of H-pyrrole nitrogens is 1. The van der Waals surface area contributed by atoms with Crippen LogP contribution in [-0.2, 0) is 6.42 Å². The molecule has 3 aromatic carbocycles. The number of nitrogens with zero attached hydrogens (tertiary/aromatic N) is 1. The zero-order valence-corrected chi connectivity index (χ0v) is 18.5. The fraction of sp³-hybridized carbons (Fsp3) is 0.208. The van der Waals surface area contributed by atoms with Crippen LogP contribution in [0.3, 0.4) is 0 Å². The van der Waals surface area contributed by atoms with Crippen LogP contribution in [0.15, 0.2) is 54.6 Å². The summed E-state index contributed by atoms with van der Waals surface area (Å²) in [5.41, 5.74) is 3.63. The van der Waals surface area contributed by atoms with Crippen LogP contribution < -0.4 is 9.47 Å². The van der Waals surface area contributed by atoms with E-state index in [4.69, 9.17) is 32.7 Å². The Labute approximate surface area is 185 Å². The van der Waals surface area contributed by atoms with Crippen LogP contribution >= 0.6 is 23.2 Å². The Bertz CT molecular complexity index is 1190. The number of aromatic amines is 1.